The van der Waals surface area contributed by atoms with Gasteiger partial charge in [-0.3, -0.25) is 0 Å². The van der Waals surface area contributed by atoms with Gasteiger partial charge in [-0.1, -0.05) is 0 Å². The lowest BCUT2D eigenvalue weighted by atomic mass is 9.94. The molecule has 3 heterocycles. The Kier molecular flexibility index (Phi) is 2.10. The van der Waals surface area contributed by atoms with Gasteiger partial charge in [0.15, 0.2) is 17.2 Å². The molecule has 2 aliphatic rings. The average Bonchev–Trinajstić information content (AvgIpc) is 3.03. The molecule has 0 bridgehead atoms. The summed E-state index contributed by atoms with van der Waals surface area (Å²) in [5.74, 6) is 0.861. The van der Waals surface area contributed by atoms with E-state index in [4.69, 9.17) is 5.26 Å². The van der Waals surface area contributed by atoms with Gasteiger partial charge in [0.1, 0.15) is 6.07 Å². The summed E-state index contributed by atoms with van der Waals surface area (Å²) in [7, 11) is 0. The molecule has 0 amide bonds. The highest BCUT2D eigenvalue weighted by Gasteiger charge is 2.44. The molecule has 2 aromatic heterocycles. The van der Waals surface area contributed by atoms with Crippen LogP contribution in [-0.2, 0) is 0 Å². The van der Waals surface area contributed by atoms with Crippen LogP contribution in [0.2, 0.25) is 0 Å². The lowest BCUT2D eigenvalue weighted by Crippen LogP contribution is -2.35. The van der Waals surface area contributed by atoms with Gasteiger partial charge in [0.2, 0.25) is 0 Å². The summed E-state index contributed by atoms with van der Waals surface area (Å²) >= 11 is 0. The molecule has 5 nitrogen and oxygen atoms in total. The van der Waals surface area contributed by atoms with Crippen LogP contribution in [0.25, 0.3) is 5.65 Å². The molecule has 0 atom stereocenters. The lowest BCUT2D eigenvalue weighted by molar-refractivity contribution is 0.383. The number of imidazole rings is 1. The van der Waals surface area contributed by atoms with E-state index in [0.717, 1.165) is 24.6 Å². The maximum Gasteiger partial charge on any atom is 0.180 e. The first-order valence-corrected chi connectivity index (χ1v) is 6.78. The summed E-state index contributed by atoms with van der Waals surface area (Å²) in [5.41, 5.74) is 1.95. The molecule has 1 saturated carbocycles. The van der Waals surface area contributed by atoms with Gasteiger partial charge in [-0.25, -0.2) is 9.97 Å². The number of hydrogen-bond acceptors (Lipinski definition) is 4. The number of nitriles is 1. The van der Waals surface area contributed by atoms with Gasteiger partial charge >= 0.3 is 0 Å². The Morgan fingerprint density at radius 2 is 2.00 bits per heavy atom. The first kappa shape index (κ1) is 10.8. The SMILES string of the molecule is N#Cc1cn2ccnc2c(N2CCC3(CC2)CC3)n1. The first-order chi connectivity index (χ1) is 9.30. The Morgan fingerprint density at radius 1 is 1.21 bits per heavy atom. The van der Waals surface area contributed by atoms with E-state index < -0.39 is 0 Å². The molecule has 1 aliphatic carbocycles. The van der Waals surface area contributed by atoms with Gasteiger partial charge in [0.25, 0.3) is 0 Å². The van der Waals surface area contributed by atoms with Crippen LogP contribution >= 0.6 is 0 Å². The summed E-state index contributed by atoms with van der Waals surface area (Å²) in [5, 5.41) is 9.09. The highest BCUT2D eigenvalue weighted by molar-refractivity contribution is 5.65. The molecule has 0 aromatic carbocycles. The van der Waals surface area contributed by atoms with Crippen LogP contribution in [0.4, 0.5) is 5.82 Å². The van der Waals surface area contributed by atoms with E-state index in [-0.39, 0.29) is 0 Å². The molecule has 19 heavy (non-hydrogen) atoms. The van der Waals surface area contributed by atoms with E-state index in [1.54, 1.807) is 12.4 Å². The topological polar surface area (TPSA) is 57.2 Å². The minimum absolute atomic E-state index is 0.451. The van der Waals surface area contributed by atoms with E-state index in [2.05, 4.69) is 20.9 Å². The number of rotatable bonds is 1. The Hall–Kier alpha value is -2.09. The van der Waals surface area contributed by atoms with Crippen LogP contribution in [-0.4, -0.2) is 27.5 Å². The van der Waals surface area contributed by atoms with Crippen molar-refractivity contribution in [3.8, 4) is 6.07 Å². The smallest absolute Gasteiger partial charge is 0.180 e. The zero-order valence-electron chi connectivity index (χ0n) is 10.7. The number of nitrogens with zero attached hydrogens (tertiary/aromatic N) is 5. The van der Waals surface area contributed by atoms with Crippen LogP contribution < -0.4 is 4.90 Å². The van der Waals surface area contributed by atoms with E-state index in [1.165, 1.54) is 25.7 Å². The van der Waals surface area contributed by atoms with E-state index in [0.29, 0.717) is 11.1 Å². The molecule has 1 saturated heterocycles. The van der Waals surface area contributed by atoms with Crippen LogP contribution in [0, 0.1) is 16.7 Å². The van der Waals surface area contributed by atoms with Crippen molar-refractivity contribution in [3.63, 3.8) is 0 Å². The fraction of sp³-hybridized carbons (Fsp3) is 0.500. The minimum atomic E-state index is 0.451. The van der Waals surface area contributed by atoms with Crippen molar-refractivity contribution < 1.29 is 0 Å². The Balaban J connectivity index is 1.73. The molecular weight excluding hydrogens is 238 g/mol. The standard InChI is InChI=1S/C14H15N5/c15-9-11-10-19-8-5-16-12(19)13(17-11)18-6-3-14(1-2-14)4-7-18/h5,8,10H,1-4,6-7H2. The van der Waals surface area contributed by atoms with Crippen LogP contribution in [0.15, 0.2) is 18.6 Å². The van der Waals surface area contributed by atoms with Gasteiger partial charge in [-0.15, -0.1) is 0 Å². The summed E-state index contributed by atoms with van der Waals surface area (Å²) in [6, 6.07) is 2.13. The molecule has 4 rings (SSSR count). The monoisotopic (exact) mass is 253 g/mol. The highest BCUT2D eigenvalue weighted by atomic mass is 15.2. The largest absolute Gasteiger partial charge is 0.353 e. The predicted molar refractivity (Wildman–Crippen MR) is 70.8 cm³/mol. The van der Waals surface area contributed by atoms with Crippen molar-refractivity contribution >= 4 is 11.5 Å². The van der Waals surface area contributed by atoms with Crippen LogP contribution in [0.3, 0.4) is 0 Å². The van der Waals surface area contributed by atoms with Gasteiger partial charge in [0.05, 0.1) is 0 Å². The number of hydrogen-bond donors (Lipinski definition) is 0. The zero-order chi connectivity index (χ0) is 12.9. The average molecular weight is 253 g/mol. The molecule has 96 valence electrons. The second-order valence-corrected chi connectivity index (χ2v) is 5.71. The zero-order valence-corrected chi connectivity index (χ0v) is 10.7. The third kappa shape index (κ3) is 1.67. The number of fused-ring (bicyclic) bond motifs is 1. The minimum Gasteiger partial charge on any atom is -0.353 e. The van der Waals surface area contributed by atoms with Crippen molar-refractivity contribution in [1.82, 2.24) is 14.4 Å². The maximum absolute atomic E-state index is 9.09. The number of anilines is 1. The molecule has 1 spiro atoms. The van der Waals surface area contributed by atoms with Crippen molar-refractivity contribution in [3.05, 3.63) is 24.3 Å². The van der Waals surface area contributed by atoms with Crippen molar-refractivity contribution in [1.29, 1.82) is 5.26 Å². The molecule has 0 unspecified atom stereocenters. The fourth-order valence-electron chi connectivity index (χ4n) is 3.05. The van der Waals surface area contributed by atoms with E-state index in [9.17, 15) is 0 Å². The first-order valence-electron chi connectivity index (χ1n) is 6.78. The Morgan fingerprint density at radius 3 is 2.68 bits per heavy atom. The third-order valence-electron chi connectivity index (χ3n) is 4.55. The Labute approximate surface area is 111 Å². The fourth-order valence-corrected chi connectivity index (χ4v) is 3.05. The normalized spacial score (nSPS) is 20.7. The molecular formula is C14H15N5. The third-order valence-corrected chi connectivity index (χ3v) is 4.55. The summed E-state index contributed by atoms with van der Waals surface area (Å²) in [4.78, 5) is 11.1. The number of piperidine rings is 1. The van der Waals surface area contributed by atoms with E-state index in [1.807, 2.05) is 10.6 Å². The lowest BCUT2D eigenvalue weighted by Gasteiger charge is -2.33. The van der Waals surface area contributed by atoms with Crippen LogP contribution in [0.1, 0.15) is 31.4 Å². The van der Waals surface area contributed by atoms with Gasteiger partial charge in [-0.2, -0.15) is 5.26 Å². The molecule has 2 aromatic rings. The Bertz CT molecular complexity index is 667. The summed E-state index contributed by atoms with van der Waals surface area (Å²) in [6.07, 6.45) is 10.6. The van der Waals surface area contributed by atoms with Crippen molar-refractivity contribution in [2.75, 3.05) is 18.0 Å². The summed E-state index contributed by atoms with van der Waals surface area (Å²) < 4.78 is 1.89. The highest BCUT2D eigenvalue weighted by Crippen LogP contribution is 2.53. The summed E-state index contributed by atoms with van der Waals surface area (Å²) in [6.45, 7) is 2.06. The van der Waals surface area contributed by atoms with Gasteiger partial charge in [0, 0.05) is 31.7 Å². The van der Waals surface area contributed by atoms with Crippen LogP contribution in [0.5, 0.6) is 0 Å². The number of aromatic nitrogens is 3. The molecule has 5 heteroatoms. The van der Waals surface area contributed by atoms with Gasteiger partial charge in [-0.05, 0) is 31.1 Å². The quantitative estimate of drug-likeness (QED) is 0.779. The second kappa shape index (κ2) is 3.70. The predicted octanol–water partition coefficient (Wildman–Crippen LogP) is 1.98. The second-order valence-electron chi connectivity index (χ2n) is 5.71. The van der Waals surface area contributed by atoms with Gasteiger partial charge < -0.3 is 9.30 Å². The molecule has 0 radical (unpaired) electrons. The maximum atomic E-state index is 9.09. The van der Waals surface area contributed by atoms with E-state index >= 15 is 0 Å². The molecule has 1 aliphatic heterocycles. The molecule has 2 fully saturated rings. The van der Waals surface area contributed by atoms with Crippen molar-refractivity contribution in [2.45, 2.75) is 25.7 Å². The van der Waals surface area contributed by atoms with Crippen molar-refractivity contribution in [2.24, 2.45) is 5.41 Å². The molecule has 0 N–H and O–H groups in total.